The number of thiophene rings is 4. The molecule has 0 aliphatic carbocycles. The highest BCUT2D eigenvalue weighted by Gasteiger charge is 2.26. The maximum atomic E-state index is 17.2. The van der Waals surface area contributed by atoms with Gasteiger partial charge < -0.3 is 9.13 Å². The van der Waals surface area contributed by atoms with Gasteiger partial charge in [0.1, 0.15) is 11.6 Å². The quantitative estimate of drug-likeness (QED) is 0.0535. The second-order valence-corrected chi connectivity index (χ2v) is 21.3. The number of nitrogens with zero attached hydrogens (tertiary/aromatic N) is 2. The molecule has 0 aliphatic rings. The minimum absolute atomic E-state index is 0.168. The third-order valence-electron chi connectivity index (χ3n) is 12.7. The van der Waals surface area contributed by atoms with Crippen LogP contribution in [0, 0.1) is 11.6 Å². The first-order valence-electron chi connectivity index (χ1n) is 23.8. The molecule has 2 nitrogen and oxygen atoms in total. The van der Waals surface area contributed by atoms with E-state index >= 15 is 8.78 Å². The Labute approximate surface area is 384 Å². The average molecular weight is 907 g/mol. The standard InChI is InChI=1S/C54H64F2N2S4/c1-5-9-13-17-23-37-31-49(47-25-21-29-59-47)61-53(37)39-35-45-41(33-43(39)55)51-52(57(45)27-19-15-11-7-3)42-34-44(56)40(36-46(42)58(51)28-20-16-12-8-4)54-38(24-18-14-10-6-2)32-50(62-54)48-26-22-30-60-48/h21-22,25-26,29-36H,5-20,23-24,27-28H2,1-4H3. The number of hydrogen-bond donors (Lipinski definition) is 0. The molecule has 0 atom stereocenters. The van der Waals surface area contributed by atoms with Gasteiger partial charge in [-0.2, -0.15) is 0 Å². The van der Waals surface area contributed by atoms with Gasteiger partial charge in [0.05, 0.1) is 22.1 Å². The number of halogens is 2. The molecule has 0 saturated heterocycles. The van der Waals surface area contributed by atoms with Crippen LogP contribution in [0.2, 0.25) is 0 Å². The van der Waals surface area contributed by atoms with E-state index in [2.05, 4.69) is 96.1 Å². The van der Waals surface area contributed by atoms with E-state index in [0.717, 1.165) is 120 Å². The molecule has 8 heteroatoms. The summed E-state index contributed by atoms with van der Waals surface area (Å²) in [4.78, 5) is 7.02. The Kier molecular flexibility index (Phi) is 15.5. The van der Waals surface area contributed by atoms with Crippen LogP contribution in [0.3, 0.4) is 0 Å². The van der Waals surface area contributed by atoms with Gasteiger partial charge in [-0.15, -0.1) is 45.3 Å². The fourth-order valence-electron chi connectivity index (χ4n) is 9.45. The van der Waals surface area contributed by atoms with Crippen molar-refractivity contribution in [2.45, 2.75) is 156 Å². The third-order valence-corrected chi connectivity index (χ3v) is 17.3. The lowest BCUT2D eigenvalue weighted by molar-refractivity contribution is 0.600. The predicted molar refractivity (Wildman–Crippen MR) is 272 cm³/mol. The number of aryl methyl sites for hydroxylation is 4. The molecule has 62 heavy (non-hydrogen) atoms. The first kappa shape index (κ1) is 45.0. The fraction of sp³-hybridized carbons (Fsp3) is 0.444. The topological polar surface area (TPSA) is 9.86 Å². The lowest BCUT2D eigenvalue weighted by Gasteiger charge is -2.13. The summed E-state index contributed by atoms with van der Waals surface area (Å²) >= 11 is 6.97. The second-order valence-electron chi connectivity index (χ2n) is 17.3. The molecule has 0 fully saturated rings. The van der Waals surface area contributed by atoms with Crippen LogP contribution < -0.4 is 0 Å². The van der Waals surface area contributed by atoms with E-state index in [0.29, 0.717) is 11.1 Å². The Hall–Kier alpha value is -3.56. The van der Waals surface area contributed by atoms with Crippen molar-refractivity contribution in [2.75, 3.05) is 0 Å². The van der Waals surface area contributed by atoms with E-state index in [1.54, 1.807) is 45.3 Å². The van der Waals surface area contributed by atoms with Gasteiger partial charge in [0.25, 0.3) is 0 Å². The molecular weight excluding hydrogens is 843 g/mol. The van der Waals surface area contributed by atoms with Crippen LogP contribution in [0.1, 0.15) is 142 Å². The van der Waals surface area contributed by atoms with Crippen molar-refractivity contribution in [3.63, 3.8) is 0 Å². The monoisotopic (exact) mass is 906 g/mol. The van der Waals surface area contributed by atoms with Crippen molar-refractivity contribution in [1.29, 1.82) is 0 Å². The fourth-order valence-corrected chi connectivity index (χ4v) is 13.6. The van der Waals surface area contributed by atoms with Crippen molar-refractivity contribution in [3.8, 4) is 40.4 Å². The number of hydrogen-bond acceptors (Lipinski definition) is 4. The van der Waals surface area contributed by atoms with Crippen molar-refractivity contribution in [2.24, 2.45) is 0 Å². The van der Waals surface area contributed by atoms with Crippen molar-refractivity contribution < 1.29 is 8.78 Å². The third kappa shape index (κ3) is 9.60. The number of benzene rings is 2. The van der Waals surface area contributed by atoms with Gasteiger partial charge in [-0.25, -0.2) is 8.78 Å². The first-order chi connectivity index (χ1) is 30.4. The van der Waals surface area contributed by atoms with E-state index in [1.807, 2.05) is 12.1 Å². The Morgan fingerprint density at radius 3 is 1.23 bits per heavy atom. The van der Waals surface area contributed by atoms with Crippen LogP contribution in [-0.4, -0.2) is 9.13 Å². The van der Waals surface area contributed by atoms with Gasteiger partial charge in [-0.3, -0.25) is 0 Å². The number of fused-ring (bicyclic) bond motifs is 5. The molecule has 0 unspecified atom stereocenters. The highest BCUT2D eigenvalue weighted by molar-refractivity contribution is 7.24. The summed E-state index contributed by atoms with van der Waals surface area (Å²) in [6.45, 7) is 10.6. The van der Waals surface area contributed by atoms with Gasteiger partial charge in [0, 0.05) is 64.3 Å². The molecule has 0 saturated carbocycles. The van der Waals surface area contributed by atoms with Gasteiger partial charge in [0.15, 0.2) is 0 Å². The molecule has 0 spiro atoms. The van der Waals surface area contributed by atoms with E-state index in [1.165, 1.54) is 82.0 Å². The highest BCUT2D eigenvalue weighted by Crippen LogP contribution is 2.47. The van der Waals surface area contributed by atoms with Crippen LogP contribution in [0.4, 0.5) is 8.78 Å². The van der Waals surface area contributed by atoms with Crippen LogP contribution in [-0.2, 0) is 25.9 Å². The zero-order valence-electron chi connectivity index (χ0n) is 37.4. The summed E-state index contributed by atoms with van der Waals surface area (Å²) in [5.74, 6) is -0.335. The first-order valence-corrected chi connectivity index (χ1v) is 27.2. The lowest BCUT2D eigenvalue weighted by atomic mass is 10.0. The average Bonchev–Trinajstić information content (AvgIpc) is 4.14. The minimum atomic E-state index is -0.168. The normalized spacial score (nSPS) is 12.0. The molecule has 6 aromatic heterocycles. The number of unbranched alkanes of at least 4 members (excludes halogenated alkanes) is 12. The Bertz CT molecular complexity index is 2480. The van der Waals surface area contributed by atoms with E-state index in [-0.39, 0.29) is 11.6 Å². The zero-order chi connectivity index (χ0) is 43.0. The molecule has 6 heterocycles. The Morgan fingerprint density at radius 2 is 0.855 bits per heavy atom. The minimum Gasteiger partial charge on any atom is -0.339 e. The molecule has 0 radical (unpaired) electrons. The van der Waals surface area contributed by atoms with Gasteiger partial charge in [-0.05, 0) is 109 Å². The zero-order valence-corrected chi connectivity index (χ0v) is 40.6. The molecule has 0 bridgehead atoms. The van der Waals surface area contributed by atoms with Crippen LogP contribution in [0.25, 0.3) is 73.2 Å². The molecule has 0 aliphatic heterocycles. The maximum Gasteiger partial charge on any atom is 0.132 e. The molecule has 8 aromatic rings. The summed E-state index contributed by atoms with van der Waals surface area (Å²) in [5.41, 5.74) is 8.13. The number of aromatic nitrogens is 2. The van der Waals surface area contributed by atoms with Crippen molar-refractivity contribution in [1.82, 2.24) is 9.13 Å². The summed E-state index contributed by atoms with van der Waals surface area (Å²) < 4.78 is 39.3. The smallest absolute Gasteiger partial charge is 0.132 e. The molecule has 0 amide bonds. The Balaban J connectivity index is 1.33. The van der Waals surface area contributed by atoms with E-state index in [4.69, 9.17) is 0 Å². The van der Waals surface area contributed by atoms with Crippen molar-refractivity contribution >= 4 is 78.2 Å². The van der Waals surface area contributed by atoms with E-state index in [9.17, 15) is 0 Å². The summed E-state index contributed by atoms with van der Waals surface area (Å²) in [7, 11) is 0. The predicted octanol–water partition coefficient (Wildman–Crippen LogP) is 19.3. The van der Waals surface area contributed by atoms with E-state index < -0.39 is 0 Å². The molecule has 0 N–H and O–H groups in total. The van der Waals surface area contributed by atoms with Crippen LogP contribution in [0.5, 0.6) is 0 Å². The largest absolute Gasteiger partial charge is 0.339 e. The number of rotatable bonds is 24. The SMILES string of the molecule is CCCCCCc1cc(-c2cccs2)sc1-c1cc2c(cc1F)c1c(c3cc(F)c(-c4sc(-c5cccs5)cc4CCCCCC)cc3n1CCCCCC)n2CCCCCC. The van der Waals surface area contributed by atoms with Gasteiger partial charge in [0.2, 0.25) is 0 Å². The summed E-state index contributed by atoms with van der Waals surface area (Å²) in [6, 6.07) is 21.2. The van der Waals surface area contributed by atoms with Gasteiger partial charge >= 0.3 is 0 Å². The summed E-state index contributed by atoms with van der Waals surface area (Å²) in [5, 5.41) is 6.14. The van der Waals surface area contributed by atoms with Gasteiger partial charge in [-0.1, -0.05) is 117 Å². The molecule has 328 valence electrons. The Morgan fingerprint density at radius 1 is 0.452 bits per heavy atom. The van der Waals surface area contributed by atoms with Crippen LogP contribution >= 0.6 is 45.3 Å². The maximum absolute atomic E-state index is 17.2. The lowest BCUT2D eigenvalue weighted by Crippen LogP contribution is -2.00. The highest BCUT2D eigenvalue weighted by atomic mass is 32.1. The molecule has 8 rings (SSSR count). The summed E-state index contributed by atoms with van der Waals surface area (Å²) in [6.07, 6.45) is 20.3. The molecule has 2 aromatic carbocycles. The second kappa shape index (κ2) is 21.4. The van der Waals surface area contributed by atoms with Crippen molar-refractivity contribution in [3.05, 3.63) is 94.2 Å². The van der Waals surface area contributed by atoms with Crippen LogP contribution in [0.15, 0.2) is 71.4 Å². The molecular formula is C54H64F2N2S4.